The Morgan fingerprint density at radius 2 is 2.06 bits per heavy atom. The molecule has 0 saturated carbocycles. The van der Waals surface area contributed by atoms with Crippen molar-refractivity contribution in [3.05, 3.63) is 47.8 Å². The minimum atomic E-state index is -0.0673. The maximum atomic E-state index is 6.24. The molecule has 0 radical (unpaired) electrons. The third kappa shape index (κ3) is 4.93. The van der Waals surface area contributed by atoms with Crippen LogP contribution < -0.4 is 10.3 Å². The van der Waals surface area contributed by atoms with Crippen molar-refractivity contribution in [3.63, 3.8) is 0 Å². The van der Waals surface area contributed by atoms with Gasteiger partial charge in [0.25, 0.3) is 0 Å². The molecule has 4 heterocycles. The number of aromatic nitrogens is 3. The van der Waals surface area contributed by atoms with Gasteiger partial charge in [-0.05, 0) is 46.1 Å². The van der Waals surface area contributed by atoms with Crippen LogP contribution in [0, 0.1) is 6.92 Å². The lowest BCUT2D eigenvalue weighted by atomic mass is 10.1. The number of aryl methyl sites for hydroxylation is 1. The van der Waals surface area contributed by atoms with Gasteiger partial charge in [0.05, 0.1) is 49.2 Å². The molecule has 2 aliphatic heterocycles. The van der Waals surface area contributed by atoms with E-state index in [0.29, 0.717) is 19.0 Å². The number of benzene rings is 1. The Bertz CT molecular complexity index is 1200. The predicted octanol–water partition coefficient (Wildman–Crippen LogP) is 4.37. The second kappa shape index (κ2) is 9.35. The van der Waals surface area contributed by atoms with Crippen LogP contribution in [0.15, 0.2) is 41.8 Å². The molecule has 0 bridgehead atoms. The van der Waals surface area contributed by atoms with Gasteiger partial charge in [-0.15, -0.1) is 0 Å². The summed E-state index contributed by atoms with van der Waals surface area (Å²) in [5, 5.41) is 4.64. The summed E-state index contributed by atoms with van der Waals surface area (Å²) in [6.45, 7) is 12.2. The minimum absolute atomic E-state index is 0.0673. The Balaban J connectivity index is 1.47. The predicted molar refractivity (Wildman–Crippen MR) is 136 cm³/mol. The van der Waals surface area contributed by atoms with Gasteiger partial charge in [0, 0.05) is 19.2 Å². The standard InChI is InChI=1S/C26H34N6O2/c1-18-6-5-7-20(14-18)19(2)29-30-23-15-22(31-10-12-33-13-11-31)24-25(28-23)32(17-27-24)16-21-8-9-26(3,4)34-21/h5-7,14-15,17,21H,8-13,16H2,1-4H3,(H,28,30)/b29-19+/t21-/m1/s1. The first kappa shape index (κ1) is 22.8. The van der Waals surface area contributed by atoms with Gasteiger partial charge < -0.3 is 18.9 Å². The zero-order chi connectivity index (χ0) is 23.7. The number of pyridine rings is 1. The fourth-order valence-corrected chi connectivity index (χ4v) is 4.76. The summed E-state index contributed by atoms with van der Waals surface area (Å²) in [4.78, 5) is 12.0. The van der Waals surface area contributed by atoms with E-state index in [-0.39, 0.29) is 11.7 Å². The van der Waals surface area contributed by atoms with Gasteiger partial charge >= 0.3 is 0 Å². The van der Waals surface area contributed by atoms with Crippen LogP contribution in [0.1, 0.15) is 44.7 Å². The smallest absolute Gasteiger partial charge is 0.164 e. The van der Waals surface area contributed by atoms with Crippen molar-refractivity contribution >= 4 is 28.4 Å². The molecule has 2 fully saturated rings. The Labute approximate surface area is 201 Å². The number of hydrogen-bond acceptors (Lipinski definition) is 7. The van der Waals surface area contributed by atoms with Crippen LogP contribution in [0.2, 0.25) is 0 Å². The molecule has 3 aromatic rings. The summed E-state index contributed by atoms with van der Waals surface area (Å²) in [6.07, 6.45) is 4.16. The van der Waals surface area contributed by atoms with E-state index in [1.165, 1.54) is 5.56 Å². The summed E-state index contributed by atoms with van der Waals surface area (Å²) in [6, 6.07) is 10.4. The van der Waals surface area contributed by atoms with Gasteiger partial charge in [-0.3, -0.25) is 5.43 Å². The molecule has 34 heavy (non-hydrogen) atoms. The van der Waals surface area contributed by atoms with E-state index >= 15 is 0 Å². The van der Waals surface area contributed by atoms with Crippen LogP contribution in [0.3, 0.4) is 0 Å². The normalized spacial score (nSPS) is 20.8. The minimum Gasteiger partial charge on any atom is -0.378 e. The maximum Gasteiger partial charge on any atom is 0.164 e. The Morgan fingerprint density at radius 3 is 2.79 bits per heavy atom. The molecule has 2 saturated heterocycles. The number of hydrazone groups is 1. The summed E-state index contributed by atoms with van der Waals surface area (Å²) in [5.74, 6) is 0.704. The van der Waals surface area contributed by atoms with Gasteiger partial charge in [-0.2, -0.15) is 5.10 Å². The number of fused-ring (bicyclic) bond motifs is 1. The molecule has 0 amide bonds. The highest BCUT2D eigenvalue weighted by Gasteiger charge is 2.32. The maximum absolute atomic E-state index is 6.24. The highest BCUT2D eigenvalue weighted by Crippen LogP contribution is 2.32. The Hall–Kier alpha value is -2.97. The molecular formula is C26H34N6O2. The number of anilines is 2. The van der Waals surface area contributed by atoms with Crippen molar-refractivity contribution in [2.75, 3.05) is 36.6 Å². The number of hydrogen-bond donors (Lipinski definition) is 1. The molecule has 2 aliphatic rings. The average Bonchev–Trinajstić information content (AvgIpc) is 3.39. The molecule has 5 rings (SSSR count). The van der Waals surface area contributed by atoms with Crippen LogP contribution in [-0.2, 0) is 16.0 Å². The molecule has 0 unspecified atom stereocenters. The Morgan fingerprint density at radius 1 is 1.24 bits per heavy atom. The van der Waals surface area contributed by atoms with Crippen molar-refractivity contribution in [1.82, 2.24) is 14.5 Å². The van der Waals surface area contributed by atoms with Gasteiger partial charge in [-0.25, -0.2) is 9.97 Å². The molecule has 0 aliphatic carbocycles. The SMILES string of the molecule is C/C(=N\Nc1cc(N2CCOCC2)c2ncn(C[C@H]3CCC(C)(C)O3)c2n1)c1cccc(C)c1. The number of imidazole rings is 1. The van der Waals surface area contributed by atoms with Crippen LogP contribution in [-0.4, -0.2) is 58.3 Å². The van der Waals surface area contributed by atoms with Crippen LogP contribution >= 0.6 is 0 Å². The summed E-state index contributed by atoms with van der Waals surface area (Å²) in [5.41, 5.74) is 9.17. The van der Waals surface area contributed by atoms with E-state index in [2.05, 4.69) is 65.0 Å². The van der Waals surface area contributed by atoms with E-state index in [4.69, 9.17) is 19.4 Å². The van der Waals surface area contributed by atoms with Crippen molar-refractivity contribution in [1.29, 1.82) is 0 Å². The van der Waals surface area contributed by atoms with Crippen LogP contribution in [0.25, 0.3) is 11.2 Å². The van der Waals surface area contributed by atoms with E-state index < -0.39 is 0 Å². The van der Waals surface area contributed by atoms with Crippen molar-refractivity contribution in [3.8, 4) is 0 Å². The molecule has 8 nitrogen and oxygen atoms in total. The van der Waals surface area contributed by atoms with Crippen molar-refractivity contribution in [2.24, 2.45) is 5.10 Å². The third-order valence-electron chi connectivity index (χ3n) is 6.63. The molecule has 1 atom stereocenters. The van der Waals surface area contributed by atoms with E-state index in [1.807, 2.05) is 19.3 Å². The van der Waals surface area contributed by atoms with Crippen molar-refractivity contribution in [2.45, 2.75) is 58.8 Å². The van der Waals surface area contributed by atoms with E-state index in [9.17, 15) is 0 Å². The van der Waals surface area contributed by atoms with Crippen LogP contribution in [0.4, 0.5) is 11.5 Å². The first-order chi connectivity index (χ1) is 16.4. The first-order valence-corrected chi connectivity index (χ1v) is 12.1. The molecule has 8 heteroatoms. The van der Waals surface area contributed by atoms with E-state index in [0.717, 1.165) is 60.6 Å². The number of morpholine rings is 1. The number of rotatable bonds is 6. The average molecular weight is 463 g/mol. The van der Waals surface area contributed by atoms with Gasteiger partial charge in [0.2, 0.25) is 0 Å². The number of nitrogens with one attached hydrogen (secondary N) is 1. The fourth-order valence-electron chi connectivity index (χ4n) is 4.76. The van der Waals surface area contributed by atoms with Crippen LogP contribution in [0.5, 0.6) is 0 Å². The molecule has 2 aromatic heterocycles. The molecule has 180 valence electrons. The lowest BCUT2D eigenvalue weighted by Gasteiger charge is -2.29. The zero-order valence-corrected chi connectivity index (χ0v) is 20.5. The highest BCUT2D eigenvalue weighted by molar-refractivity contribution is 5.99. The Kier molecular flexibility index (Phi) is 6.27. The summed E-state index contributed by atoms with van der Waals surface area (Å²) in [7, 11) is 0. The van der Waals surface area contributed by atoms with Gasteiger partial charge in [-0.1, -0.05) is 29.8 Å². The molecule has 0 spiro atoms. The quantitative estimate of drug-likeness (QED) is 0.433. The summed E-state index contributed by atoms with van der Waals surface area (Å²) >= 11 is 0. The largest absolute Gasteiger partial charge is 0.378 e. The lowest BCUT2D eigenvalue weighted by Crippen LogP contribution is -2.36. The lowest BCUT2D eigenvalue weighted by molar-refractivity contribution is -0.0213. The highest BCUT2D eigenvalue weighted by atomic mass is 16.5. The summed E-state index contributed by atoms with van der Waals surface area (Å²) < 4.78 is 13.9. The van der Waals surface area contributed by atoms with Gasteiger partial charge in [0.15, 0.2) is 11.5 Å². The fraction of sp³-hybridized carbons (Fsp3) is 0.500. The number of nitrogens with zero attached hydrogens (tertiary/aromatic N) is 5. The topological polar surface area (TPSA) is 76.8 Å². The van der Waals surface area contributed by atoms with Crippen molar-refractivity contribution < 1.29 is 9.47 Å². The third-order valence-corrected chi connectivity index (χ3v) is 6.63. The monoisotopic (exact) mass is 462 g/mol. The molecule has 1 aromatic carbocycles. The van der Waals surface area contributed by atoms with E-state index in [1.54, 1.807) is 0 Å². The second-order valence-corrected chi connectivity index (χ2v) is 9.91. The molecular weight excluding hydrogens is 428 g/mol. The van der Waals surface area contributed by atoms with Gasteiger partial charge in [0.1, 0.15) is 5.52 Å². The zero-order valence-electron chi connectivity index (χ0n) is 20.5. The molecule has 1 N–H and O–H groups in total. The number of ether oxygens (including phenoxy) is 2. The first-order valence-electron chi connectivity index (χ1n) is 12.1. The second-order valence-electron chi connectivity index (χ2n) is 9.91.